The molecule has 8 nitrogen and oxygen atoms in total. The van der Waals surface area contributed by atoms with Crippen LogP contribution in [0.2, 0.25) is 0 Å². The predicted octanol–water partition coefficient (Wildman–Crippen LogP) is 3.05. The van der Waals surface area contributed by atoms with Gasteiger partial charge in [-0.1, -0.05) is 44.2 Å². The number of carbonyl (C=O) groups excluding carboxylic acids is 2. The number of carboxylic acid groups (broad SMARTS) is 1. The average molecular weight is 447 g/mol. The van der Waals surface area contributed by atoms with Crippen molar-refractivity contribution in [3.05, 3.63) is 35.9 Å². The van der Waals surface area contributed by atoms with Gasteiger partial charge < -0.3 is 24.8 Å². The van der Waals surface area contributed by atoms with Crippen molar-refractivity contribution in [1.29, 1.82) is 0 Å². The van der Waals surface area contributed by atoms with Crippen molar-refractivity contribution in [2.24, 2.45) is 17.3 Å². The topological polar surface area (TPSA) is 105 Å². The highest BCUT2D eigenvalue weighted by molar-refractivity contribution is 5.91. The Morgan fingerprint density at radius 2 is 1.84 bits per heavy atom. The van der Waals surface area contributed by atoms with Crippen LogP contribution in [0.25, 0.3) is 0 Å². The molecule has 3 rings (SSSR count). The first-order chi connectivity index (χ1) is 14.8. The maximum absolute atomic E-state index is 13.5. The van der Waals surface area contributed by atoms with Gasteiger partial charge in [0.25, 0.3) is 0 Å². The van der Waals surface area contributed by atoms with Crippen molar-refractivity contribution in [2.75, 3.05) is 6.54 Å². The number of ether oxygens (including phenoxy) is 2. The Labute approximate surface area is 189 Å². The molecule has 0 unspecified atom stereocenters. The van der Waals surface area contributed by atoms with E-state index in [1.807, 2.05) is 65.0 Å². The summed E-state index contributed by atoms with van der Waals surface area (Å²) < 4.78 is 11.2. The number of carbonyl (C=O) groups is 3. The molecule has 176 valence electrons. The van der Waals surface area contributed by atoms with Gasteiger partial charge in [-0.3, -0.25) is 4.79 Å². The van der Waals surface area contributed by atoms with Crippen LogP contribution in [-0.2, 0) is 25.7 Å². The number of rotatable bonds is 7. The number of benzene rings is 1. The van der Waals surface area contributed by atoms with Crippen LogP contribution >= 0.6 is 0 Å². The van der Waals surface area contributed by atoms with E-state index in [2.05, 4.69) is 5.32 Å². The van der Waals surface area contributed by atoms with Gasteiger partial charge in [-0.2, -0.15) is 0 Å². The maximum atomic E-state index is 13.5. The lowest BCUT2D eigenvalue weighted by molar-refractivity contribution is -0.154. The number of piperidine rings is 1. The van der Waals surface area contributed by atoms with Gasteiger partial charge in [0.05, 0.1) is 11.7 Å². The molecule has 0 spiro atoms. The number of hydrogen-bond acceptors (Lipinski definition) is 5. The SMILES string of the molecule is C[C@@H](OC(C)(C)C)[C@H](NC(=O)OCc1ccccc1)C(=O)N1C[C@H]2[C@@H]([C@H]1C(=O)O)C2(C)C. The van der Waals surface area contributed by atoms with Crippen LogP contribution in [0.4, 0.5) is 4.79 Å². The zero-order chi connectivity index (χ0) is 23.8. The molecule has 2 aliphatic rings. The number of nitrogens with zero attached hydrogens (tertiary/aromatic N) is 1. The molecule has 8 heteroatoms. The largest absolute Gasteiger partial charge is 0.480 e. The second-order valence-corrected chi connectivity index (χ2v) is 10.3. The minimum Gasteiger partial charge on any atom is -0.480 e. The summed E-state index contributed by atoms with van der Waals surface area (Å²) in [6, 6.07) is 7.23. The number of likely N-dealkylation sites (tertiary alicyclic amines) is 1. The smallest absolute Gasteiger partial charge is 0.408 e. The number of amides is 2. The molecule has 1 aliphatic heterocycles. The fourth-order valence-corrected chi connectivity index (χ4v) is 4.87. The molecule has 0 aromatic heterocycles. The normalized spacial score (nSPS) is 25.4. The highest BCUT2D eigenvalue weighted by Crippen LogP contribution is 2.64. The summed E-state index contributed by atoms with van der Waals surface area (Å²) in [6.07, 6.45) is -1.45. The van der Waals surface area contributed by atoms with Gasteiger partial charge >= 0.3 is 12.1 Å². The Hall–Kier alpha value is -2.61. The molecule has 0 bridgehead atoms. The molecule has 2 fully saturated rings. The molecule has 1 heterocycles. The third kappa shape index (κ3) is 5.06. The number of alkyl carbamates (subject to hydrolysis) is 1. The second kappa shape index (κ2) is 8.73. The van der Waals surface area contributed by atoms with Gasteiger partial charge in [0.15, 0.2) is 0 Å². The van der Waals surface area contributed by atoms with E-state index in [0.29, 0.717) is 6.54 Å². The Bertz CT molecular complexity index is 863. The molecule has 5 atom stereocenters. The summed E-state index contributed by atoms with van der Waals surface area (Å²) in [6.45, 7) is 11.7. The quantitative estimate of drug-likeness (QED) is 0.667. The molecule has 1 aromatic carbocycles. The lowest BCUT2D eigenvalue weighted by Gasteiger charge is -2.35. The minimum absolute atomic E-state index is 0.0574. The van der Waals surface area contributed by atoms with Crippen molar-refractivity contribution in [1.82, 2.24) is 10.2 Å². The summed E-state index contributed by atoms with van der Waals surface area (Å²) in [5.41, 5.74) is 0.150. The molecular weight excluding hydrogens is 412 g/mol. The number of aliphatic carboxylic acids is 1. The summed E-state index contributed by atoms with van der Waals surface area (Å²) in [5.74, 6) is -1.44. The zero-order valence-electron chi connectivity index (χ0n) is 19.6. The van der Waals surface area contributed by atoms with E-state index < -0.39 is 41.8 Å². The monoisotopic (exact) mass is 446 g/mol. The first-order valence-electron chi connectivity index (χ1n) is 11.0. The highest BCUT2D eigenvalue weighted by Gasteiger charge is 2.70. The van der Waals surface area contributed by atoms with Crippen molar-refractivity contribution >= 4 is 18.0 Å². The van der Waals surface area contributed by atoms with E-state index in [4.69, 9.17) is 9.47 Å². The van der Waals surface area contributed by atoms with Crippen molar-refractivity contribution in [3.8, 4) is 0 Å². The van der Waals surface area contributed by atoms with Crippen molar-refractivity contribution < 1.29 is 29.0 Å². The molecule has 1 aromatic rings. The number of hydrogen-bond donors (Lipinski definition) is 2. The van der Waals surface area contributed by atoms with Crippen LogP contribution in [-0.4, -0.2) is 58.3 Å². The van der Waals surface area contributed by atoms with E-state index in [1.54, 1.807) is 6.92 Å². The Morgan fingerprint density at radius 3 is 2.41 bits per heavy atom. The van der Waals surface area contributed by atoms with E-state index in [1.165, 1.54) is 4.90 Å². The van der Waals surface area contributed by atoms with Crippen molar-refractivity contribution in [2.45, 2.75) is 71.9 Å². The molecule has 0 radical (unpaired) electrons. The average Bonchev–Trinajstić information content (AvgIpc) is 3.03. The number of nitrogens with one attached hydrogen (secondary N) is 1. The van der Waals surface area contributed by atoms with Crippen molar-refractivity contribution in [3.63, 3.8) is 0 Å². The van der Waals surface area contributed by atoms with E-state index in [0.717, 1.165) is 5.56 Å². The fraction of sp³-hybridized carbons (Fsp3) is 0.625. The summed E-state index contributed by atoms with van der Waals surface area (Å²) in [5, 5.41) is 12.4. The standard InChI is InChI=1S/C24H34N2O6/c1-14(32-23(2,3)4)18(25-22(30)31-13-15-10-8-7-9-11-15)20(27)26-12-16-17(24(16,5)6)19(26)21(28)29/h7-11,14,16-19H,12-13H2,1-6H3,(H,25,30)(H,28,29)/t14-,16+,17+,18+,19+/m1/s1. The van der Waals surface area contributed by atoms with Gasteiger partial charge in [0.1, 0.15) is 18.7 Å². The third-order valence-corrected chi connectivity index (χ3v) is 6.51. The Kier molecular flexibility index (Phi) is 6.56. The van der Waals surface area contributed by atoms with Gasteiger partial charge in [-0.15, -0.1) is 0 Å². The van der Waals surface area contributed by atoms with Gasteiger partial charge in [-0.25, -0.2) is 9.59 Å². The number of fused-ring (bicyclic) bond motifs is 1. The summed E-state index contributed by atoms with van der Waals surface area (Å²) >= 11 is 0. The molecule has 1 aliphatic carbocycles. The molecule has 1 saturated carbocycles. The van der Waals surface area contributed by atoms with Crippen LogP contribution < -0.4 is 5.32 Å². The molecular formula is C24H34N2O6. The van der Waals surface area contributed by atoms with Crippen LogP contribution in [0.3, 0.4) is 0 Å². The van der Waals surface area contributed by atoms with E-state index >= 15 is 0 Å². The second-order valence-electron chi connectivity index (χ2n) is 10.3. The zero-order valence-corrected chi connectivity index (χ0v) is 19.6. The van der Waals surface area contributed by atoms with Gasteiger partial charge in [0, 0.05) is 12.5 Å². The fourth-order valence-electron chi connectivity index (χ4n) is 4.87. The molecule has 32 heavy (non-hydrogen) atoms. The molecule has 2 amide bonds. The third-order valence-electron chi connectivity index (χ3n) is 6.51. The lowest BCUT2D eigenvalue weighted by atomic mass is 9.99. The van der Waals surface area contributed by atoms with Crippen LogP contribution in [0.15, 0.2) is 30.3 Å². The summed E-state index contributed by atoms with van der Waals surface area (Å²) in [4.78, 5) is 39.4. The van der Waals surface area contributed by atoms with Gasteiger partial charge in [0.2, 0.25) is 5.91 Å². The predicted molar refractivity (Wildman–Crippen MR) is 118 cm³/mol. The first kappa shape index (κ1) is 24.0. The minimum atomic E-state index is -1.07. The maximum Gasteiger partial charge on any atom is 0.408 e. The lowest BCUT2D eigenvalue weighted by Crippen LogP contribution is -2.58. The molecule has 1 saturated heterocycles. The van der Waals surface area contributed by atoms with Crippen LogP contribution in [0, 0.1) is 17.3 Å². The Balaban J connectivity index is 1.74. The first-order valence-corrected chi connectivity index (χ1v) is 11.0. The summed E-state index contributed by atoms with van der Waals surface area (Å²) in [7, 11) is 0. The highest BCUT2D eigenvalue weighted by atomic mass is 16.6. The van der Waals surface area contributed by atoms with E-state index in [9.17, 15) is 19.5 Å². The van der Waals surface area contributed by atoms with Crippen LogP contribution in [0.5, 0.6) is 0 Å². The Morgan fingerprint density at radius 1 is 1.22 bits per heavy atom. The van der Waals surface area contributed by atoms with E-state index in [-0.39, 0.29) is 23.9 Å². The van der Waals surface area contributed by atoms with Crippen LogP contribution in [0.1, 0.15) is 47.1 Å². The number of carboxylic acids is 1. The molecule has 2 N–H and O–H groups in total. The van der Waals surface area contributed by atoms with Gasteiger partial charge in [-0.05, 0) is 44.6 Å².